The van der Waals surface area contributed by atoms with Crippen molar-refractivity contribution in [1.82, 2.24) is 0 Å². The van der Waals surface area contributed by atoms with Gasteiger partial charge >= 0.3 is 0 Å². The first-order valence-electron chi connectivity index (χ1n) is 11.5. The molecule has 0 spiro atoms. The maximum atomic E-state index is 2.57. The van der Waals surface area contributed by atoms with Gasteiger partial charge in [0.25, 0.3) is 0 Å². The second-order valence-corrected chi connectivity index (χ2v) is 16.9. The minimum atomic E-state index is -0.922. The second kappa shape index (κ2) is 8.02. The lowest BCUT2D eigenvalue weighted by Crippen LogP contribution is -2.35. The molecule has 0 radical (unpaired) electrons. The lowest BCUT2D eigenvalue weighted by molar-refractivity contribution is -0.661. The van der Waals surface area contributed by atoms with Crippen LogP contribution in [0.15, 0.2) is 30.5 Å². The van der Waals surface area contributed by atoms with Gasteiger partial charge in [-0.2, -0.15) is 0 Å². The van der Waals surface area contributed by atoms with Crippen molar-refractivity contribution < 1.29 is 4.57 Å². The van der Waals surface area contributed by atoms with Crippen molar-refractivity contribution in [1.29, 1.82) is 0 Å². The third kappa shape index (κ3) is 4.85. The molecule has 1 saturated heterocycles. The highest BCUT2D eigenvalue weighted by molar-refractivity contribution is 6.77. The number of nitrogens with zero attached hydrogens (tertiary/aromatic N) is 1. The Morgan fingerprint density at radius 1 is 1.03 bits per heavy atom. The zero-order valence-corrected chi connectivity index (χ0v) is 21.3. The molecule has 0 unspecified atom stereocenters. The van der Waals surface area contributed by atoms with Crippen LogP contribution in [0.5, 0.6) is 0 Å². The smallest absolute Gasteiger partial charge is 0.201 e. The summed E-state index contributed by atoms with van der Waals surface area (Å²) in [6, 6.07) is 12.5. The van der Waals surface area contributed by atoms with Gasteiger partial charge in [-0.1, -0.05) is 71.9 Å². The van der Waals surface area contributed by atoms with Crippen LogP contribution in [0.1, 0.15) is 81.5 Å². The molecule has 0 saturated carbocycles. The topological polar surface area (TPSA) is 3.88 Å². The molecule has 0 amide bonds. The van der Waals surface area contributed by atoms with Crippen molar-refractivity contribution >= 4 is 8.07 Å². The van der Waals surface area contributed by atoms with E-state index in [-0.39, 0.29) is 5.41 Å². The molecular weight excluding hydrogens is 366 g/mol. The summed E-state index contributed by atoms with van der Waals surface area (Å²) in [4.78, 5) is 0. The molecule has 2 aromatic rings. The molecule has 158 valence electrons. The summed E-state index contributed by atoms with van der Waals surface area (Å²) in [5.41, 5.74) is 8.86. The van der Waals surface area contributed by atoms with E-state index in [4.69, 9.17) is 0 Å². The van der Waals surface area contributed by atoms with Gasteiger partial charge in [-0.15, -0.1) is 0 Å². The van der Waals surface area contributed by atoms with Crippen LogP contribution in [0.25, 0.3) is 11.3 Å². The molecule has 29 heavy (non-hydrogen) atoms. The average Bonchev–Trinajstić information content (AvgIpc) is 2.61. The van der Waals surface area contributed by atoms with Gasteiger partial charge in [0, 0.05) is 25.3 Å². The predicted octanol–water partition coefficient (Wildman–Crippen LogP) is 7.49. The molecule has 1 nitrogen and oxygen atoms in total. The van der Waals surface area contributed by atoms with Crippen LogP contribution in [0.3, 0.4) is 0 Å². The highest BCUT2D eigenvalue weighted by Crippen LogP contribution is 2.41. The van der Waals surface area contributed by atoms with Crippen molar-refractivity contribution in [2.24, 2.45) is 7.05 Å². The second-order valence-electron chi connectivity index (χ2n) is 11.6. The number of rotatable bonds is 3. The molecule has 0 N–H and O–H groups in total. The number of pyridine rings is 1. The number of benzene rings is 1. The molecule has 1 aromatic heterocycles. The molecule has 1 aromatic carbocycles. The summed E-state index contributed by atoms with van der Waals surface area (Å²) in [7, 11) is 1.32. The van der Waals surface area contributed by atoms with Gasteiger partial charge in [0.2, 0.25) is 5.69 Å². The van der Waals surface area contributed by atoms with Crippen LogP contribution in [0.4, 0.5) is 0 Å². The molecular formula is C27H42NSi+. The first-order chi connectivity index (χ1) is 13.4. The van der Waals surface area contributed by atoms with E-state index in [1.54, 1.807) is 11.1 Å². The minimum absolute atomic E-state index is 0.191. The third-order valence-corrected chi connectivity index (χ3v) is 10.4. The van der Waals surface area contributed by atoms with Gasteiger partial charge in [-0.25, -0.2) is 4.57 Å². The van der Waals surface area contributed by atoms with E-state index in [9.17, 15) is 0 Å². The number of hydrogen-bond donors (Lipinski definition) is 0. The Morgan fingerprint density at radius 2 is 1.66 bits per heavy atom. The first kappa shape index (κ1) is 22.3. The lowest BCUT2D eigenvalue weighted by Gasteiger charge is -2.33. The van der Waals surface area contributed by atoms with Crippen molar-refractivity contribution in [3.05, 3.63) is 52.7 Å². The largest absolute Gasteiger partial charge is 0.212 e. The summed E-state index contributed by atoms with van der Waals surface area (Å²) in [5, 5.41) is 0. The first-order valence-corrected chi connectivity index (χ1v) is 15.0. The number of hydrogen-bond acceptors (Lipinski definition) is 0. The Balaban J connectivity index is 2.03. The van der Waals surface area contributed by atoms with E-state index in [0.29, 0.717) is 5.92 Å². The molecule has 0 bridgehead atoms. The zero-order valence-electron chi connectivity index (χ0n) is 20.3. The van der Waals surface area contributed by atoms with Gasteiger partial charge in [-0.05, 0) is 59.8 Å². The predicted molar refractivity (Wildman–Crippen MR) is 130 cm³/mol. The van der Waals surface area contributed by atoms with E-state index >= 15 is 0 Å². The highest BCUT2D eigenvalue weighted by atomic mass is 28.3. The Hall–Kier alpha value is -1.41. The maximum absolute atomic E-state index is 2.57. The Labute approximate surface area is 180 Å². The lowest BCUT2D eigenvalue weighted by atomic mass is 9.84. The monoisotopic (exact) mass is 408 g/mol. The van der Waals surface area contributed by atoms with Crippen LogP contribution >= 0.6 is 0 Å². The fourth-order valence-corrected chi connectivity index (χ4v) is 7.43. The fraction of sp³-hybridized carbons (Fsp3) is 0.593. The van der Waals surface area contributed by atoms with Gasteiger partial charge < -0.3 is 0 Å². The standard InChI is InChI=1S/C27H42NSi/c1-19(2)24-17-26(23-11-10-22(16-20(23)3)27(4,5)6)28(7)18-25(24)21-12-14-29(8,9)15-13-21/h10-11,16-19,21H,12-15H2,1-9H3/q+1. The van der Waals surface area contributed by atoms with Gasteiger partial charge in [0.15, 0.2) is 6.20 Å². The maximum Gasteiger partial charge on any atom is 0.212 e. The zero-order chi connectivity index (χ0) is 21.6. The van der Waals surface area contributed by atoms with Gasteiger partial charge in [0.05, 0.1) is 0 Å². The SMILES string of the molecule is Cc1cc(C(C)(C)C)ccc1-c1cc(C(C)C)c(C2CC[Si](C)(C)CC2)c[n+]1C. The highest BCUT2D eigenvalue weighted by Gasteiger charge is 2.32. The van der Waals surface area contributed by atoms with Gasteiger partial charge in [0.1, 0.15) is 7.05 Å². The van der Waals surface area contributed by atoms with E-state index in [0.717, 1.165) is 5.92 Å². The molecule has 0 aliphatic carbocycles. The third-order valence-electron chi connectivity index (χ3n) is 7.11. The summed E-state index contributed by atoms with van der Waals surface area (Å²) < 4.78 is 2.39. The average molecular weight is 409 g/mol. The molecule has 2 heterocycles. The van der Waals surface area contributed by atoms with Crippen LogP contribution in [0, 0.1) is 6.92 Å². The molecule has 1 aliphatic rings. The summed E-state index contributed by atoms with van der Waals surface area (Å²) >= 11 is 0. The summed E-state index contributed by atoms with van der Waals surface area (Å²) in [6.07, 6.45) is 5.24. The Bertz CT molecular complexity index is 876. The van der Waals surface area contributed by atoms with E-state index in [1.165, 1.54) is 47.3 Å². The fourth-order valence-electron chi connectivity index (χ4n) is 4.92. The van der Waals surface area contributed by atoms with Crippen molar-refractivity contribution in [3.63, 3.8) is 0 Å². The van der Waals surface area contributed by atoms with Crippen LogP contribution in [0.2, 0.25) is 25.2 Å². The van der Waals surface area contributed by atoms with E-state index in [2.05, 4.69) is 96.7 Å². The Morgan fingerprint density at radius 3 is 2.17 bits per heavy atom. The minimum Gasteiger partial charge on any atom is -0.201 e. The van der Waals surface area contributed by atoms with Crippen molar-refractivity contribution in [2.75, 3.05) is 0 Å². The molecule has 1 fully saturated rings. The molecule has 2 heteroatoms. The molecule has 3 rings (SSSR count). The normalized spacial score (nSPS) is 17.7. The summed E-state index contributed by atoms with van der Waals surface area (Å²) in [5.74, 6) is 1.31. The number of aryl methyl sites for hydroxylation is 2. The van der Waals surface area contributed by atoms with Crippen LogP contribution < -0.4 is 4.57 Å². The van der Waals surface area contributed by atoms with Gasteiger partial charge in [-0.3, -0.25) is 0 Å². The van der Waals surface area contributed by atoms with Crippen molar-refractivity contribution in [3.8, 4) is 11.3 Å². The summed E-state index contributed by atoms with van der Waals surface area (Å²) in [6.45, 7) is 19.0. The molecule has 0 atom stereocenters. The van der Waals surface area contributed by atoms with Crippen LogP contribution in [-0.4, -0.2) is 8.07 Å². The van der Waals surface area contributed by atoms with Crippen LogP contribution in [-0.2, 0) is 12.5 Å². The molecule has 1 aliphatic heterocycles. The number of aromatic nitrogens is 1. The quantitative estimate of drug-likeness (QED) is 0.366. The van der Waals surface area contributed by atoms with Crippen molar-refractivity contribution in [2.45, 2.75) is 96.8 Å². The van der Waals surface area contributed by atoms with E-state index in [1.807, 2.05) is 0 Å². The van der Waals surface area contributed by atoms with E-state index < -0.39 is 8.07 Å². The Kier molecular flexibility index (Phi) is 6.16.